The lowest BCUT2D eigenvalue weighted by Gasteiger charge is -2.18. The van der Waals surface area contributed by atoms with E-state index >= 15 is 0 Å². The summed E-state index contributed by atoms with van der Waals surface area (Å²) < 4.78 is 2.07. The van der Waals surface area contributed by atoms with Gasteiger partial charge in [-0.2, -0.15) is 0 Å². The number of ketones is 1. The molecule has 7 nitrogen and oxygen atoms in total. The first-order valence-electron chi connectivity index (χ1n) is 12.1. The minimum absolute atomic E-state index is 0.00685. The summed E-state index contributed by atoms with van der Waals surface area (Å²) in [6.07, 6.45) is 2.43. The summed E-state index contributed by atoms with van der Waals surface area (Å²) in [5.41, 5.74) is 1.79. The second-order valence-corrected chi connectivity index (χ2v) is 11.3. The molecule has 2 aromatic carbocycles. The van der Waals surface area contributed by atoms with Crippen LogP contribution in [0.2, 0.25) is 0 Å². The zero-order valence-corrected chi connectivity index (χ0v) is 21.6. The first-order valence-corrected chi connectivity index (χ1v) is 12.9. The third-order valence-electron chi connectivity index (χ3n) is 6.04. The van der Waals surface area contributed by atoms with Gasteiger partial charge in [0.15, 0.2) is 16.8 Å². The van der Waals surface area contributed by atoms with Crippen LogP contribution in [0.3, 0.4) is 0 Å². The van der Waals surface area contributed by atoms with Gasteiger partial charge in [-0.1, -0.05) is 50.7 Å². The topological polar surface area (TPSA) is 80.1 Å². The number of amides is 1. The summed E-state index contributed by atoms with van der Waals surface area (Å²) in [5, 5.41) is 12.2. The van der Waals surface area contributed by atoms with Gasteiger partial charge in [-0.3, -0.25) is 19.1 Å². The molecule has 0 radical (unpaired) electrons. The second-order valence-electron chi connectivity index (χ2n) is 9.96. The number of benzene rings is 2. The monoisotopic (exact) mass is 491 g/mol. The van der Waals surface area contributed by atoms with Crippen LogP contribution in [0, 0.1) is 5.41 Å². The molecule has 0 bridgehead atoms. The number of carbonyl (C=O) groups is 2. The highest BCUT2D eigenvalue weighted by molar-refractivity contribution is 8.00. The number of hydrogen-bond donors (Lipinski definition) is 1. The van der Waals surface area contributed by atoms with Crippen LogP contribution < -0.4 is 5.32 Å². The zero-order valence-electron chi connectivity index (χ0n) is 20.8. The Bertz CT molecular complexity index is 1160. The molecule has 1 unspecified atom stereocenters. The average molecular weight is 492 g/mol. The van der Waals surface area contributed by atoms with E-state index in [4.69, 9.17) is 0 Å². The van der Waals surface area contributed by atoms with Crippen molar-refractivity contribution in [3.8, 4) is 5.69 Å². The quantitative estimate of drug-likeness (QED) is 0.344. The van der Waals surface area contributed by atoms with Crippen LogP contribution in [0.25, 0.3) is 5.69 Å². The molecule has 0 aliphatic carbocycles. The van der Waals surface area contributed by atoms with Crippen molar-refractivity contribution in [3.63, 3.8) is 0 Å². The van der Waals surface area contributed by atoms with Gasteiger partial charge >= 0.3 is 0 Å². The van der Waals surface area contributed by atoms with Crippen LogP contribution in [0.4, 0.5) is 5.69 Å². The molecule has 1 aromatic heterocycles. The predicted octanol–water partition coefficient (Wildman–Crippen LogP) is 5.21. The summed E-state index contributed by atoms with van der Waals surface area (Å²) in [6.45, 7) is 10.4. The summed E-state index contributed by atoms with van der Waals surface area (Å²) in [7, 11) is 0. The fourth-order valence-corrected chi connectivity index (χ4v) is 4.90. The van der Waals surface area contributed by atoms with E-state index < -0.39 is 5.41 Å². The van der Waals surface area contributed by atoms with E-state index in [-0.39, 0.29) is 16.9 Å². The number of rotatable bonds is 8. The smallest absolute Gasteiger partial charge is 0.229 e. The minimum Gasteiger partial charge on any atom is -0.326 e. The van der Waals surface area contributed by atoms with Gasteiger partial charge in [0.25, 0.3) is 0 Å². The third-order valence-corrected chi connectivity index (χ3v) is 7.08. The van der Waals surface area contributed by atoms with Crippen molar-refractivity contribution in [2.24, 2.45) is 5.41 Å². The summed E-state index contributed by atoms with van der Waals surface area (Å²) in [6, 6.07) is 17.1. The van der Waals surface area contributed by atoms with E-state index in [0.29, 0.717) is 16.4 Å². The number of Topliss-reactive ketones (excluding diaryl/α,β-unsaturated/α-hetero) is 1. The van der Waals surface area contributed by atoms with Crippen molar-refractivity contribution >= 4 is 29.1 Å². The maximum absolute atomic E-state index is 13.2. The number of nitrogens with zero attached hydrogens (tertiary/aromatic N) is 4. The number of nitrogens with one attached hydrogen (secondary N) is 1. The van der Waals surface area contributed by atoms with Crippen LogP contribution in [-0.2, 0) is 11.3 Å². The number of hydrogen-bond acceptors (Lipinski definition) is 6. The van der Waals surface area contributed by atoms with Gasteiger partial charge in [-0.15, -0.1) is 10.2 Å². The van der Waals surface area contributed by atoms with Gasteiger partial charge in [-0.05, 0) is 69.3 Å². The molecule has 1 aliphatic heterocycles. The molecule has 0 spiro atoms. The molecular weight excluding hydrogens is 458 g/mol. The van der Waals surface area contributed by atoms with E-state index in [9.17, 15) is 9.59 Å². The van der Waals surface area contributed by atoms with E-state index in [1.807, 2.05) is 58.0 Å². The standard InChI is InChI=1S/C27H33N5O2S/c1-19(24(33)20-12-14-21(15-13-20)28-25(34)27(2,3)4)35-26-30-29-23(18-31-16-8-9-17-31)32(26)22-10-6-5-7-11-22/h5-7,10-15,19H,8-9,16-18H2,1-4H3,(H,28,34). The molecule has 1 fully saturated rings. The van der Waals surface area contributed by atoms with Crippen LogP contribution in [0.15, 0.2) is 59.8 Å². The Hall–Kier alpha value is -2.97. The van der Waals surface area contributed by atoms with E-state index in [0.717, 1.165) is 31.1 Å². The first-order chi connectivity index (χ1) is 16.7. The lowest BCUT2D eigenvalue weighted by molar-refractivity contribution is -0.123. The lowest BCUT2D eigenvalue weighted by atomic mass is 9.95. The number of likely N-dealkylation sites (tertiary alicyclic amines) is 1. The highest BCUT2D eigenvalue weighted by atomic mass is 32.2. The van der Waals surface area contributed by atoms with Gasteiger partial charge in [0, 0.05) is 22.4 Å². The van der Waals surface area contributed by atoms with Crippen LogP contribution in [-0.4, -0.2) is 49.7 Å². The largest absolute Gasteiger partial charge is 0.326 e. The predicted molar refractivity (Wildman–Crippen MR) is 140 cm³/mol. The lowest BCUT2D eigenvalue weighted by Crippen LogP contribution is -2.27. The van der Waals surface area contributed by atoms with Crippen LogP contribution in [0.1, 0.15) is 56.7 Å². The molecule has 1 N–H and O–H groups in total. The maximum atomic E-state index is 13.2. The van der Waals surface area contributed by atoms with Crippen molar-refractivity contribution < 1.29 is 9.59 Å². The molecule has 1 amide bonds. The maximum Gasteiger partial charge on any atom is 0.229 e. The number of carbonyl (C=O) groups excluding carboxylic acids is 2. The van der Waals surface area contributed by atoms with Gasteiger partial charge in [-0.25, -0.2) is 0 Å². The first kappa shape index (κ1) is 25.1. The Morgan fingerprint density at radius 2 is 1.66 bits per heavy atom. The van der Waals surface area contributed by atoms with Gasteiger partial charge < -0.3 is 5.32 Å². The number of anilines is 1. The molecule has 2 heterocycles. The molecule has 0 saturated carbocycles. The molecule has 1 atom stereocenters. The Balaban J connectivity index is 1.50. The van der Waals surface area contributed by atoms with E-state index in [1.165, 1.54) is 24.6 Å². The molecule has 4 rings (SSSR count). The molecule has 8 heteroatoms. The van der Waals surface area contributed by atoms with Gasteiger partial charge in [0.1, 0.15) is 0 Å². The minimum atomic E-state index is -0.484. The Labute approximate surface area is 211 Å². The van der Waals surface area contributed by atoms with Crippen molar-refractivity contribution in [1.82, 2.24) is 19.7 Å². The molecule has 3 aromatic rings. The van der Waals surface area contributed by atoms with Crippen molar-refractivity contribution in [3.05, 3.63) is 66.0 Å². The molecule has 1 aliphatic rings. The molecule has 184 valence electrons. The number of thioether (sulfide) groups is 1. The second kappa shape index (κ2) is 10.7. The number of para-hydroxylation sites is 1. The van der Waals surface area contributed by atoms with Gasteiger partial charge in [0.2, 0.25) is 5.91 Å². The van der Waals surface area contributed by atoms with Crippen molar-refractivity contribution in [2.45, 2.75) is 57.5 Å². The molecular formula is C27H33N5O2S. The summed E-state index contributed by atoms with van der Waals surface area (Å²) >= 11 is 1.42. The Kier molecular flexibility index (Phi) is 7.72. The third kappa shape index (κ3) is 6.18. The molecule has 1 saturated heterocycles. The fraction of sp³-hybridized carbons (Fsp3) is 0.407. The Morgan fingerprint density at radius 3 is 2.29 bits per heavy atom. The summed E-state index contributed by atoms with van der Waals surface area (Å²) in [5.74, 6) is 0.831. The highest BCUT2D eigenvalue weighted by Gasteiger charge is 2.24. The number of aromatic nitrogens is 3. The zero-order chi connectivity index (χ0) is 25.0. The average Bonchev–Trinajstić information content (AvgIpc) is 3.49. The van der Waals surface area contributed by atoms with Crippen molar-refractivity contribution in [1.29, 1.82) is 0 Å². The SMILES string of the molecule is CC(Sc1nnc(CN2CCCC2)n1-c1ccccc1)C(=O)c1ccc(NC(=O)C(C)(C)C)cc1. The Morgan fingerprint density at radius 1 is 1.00 bits per heavy atom. The van der Waals surface area contributed by atoms with E-state index in [1.54, 1.807) is 24.3 Å². The van der Waals surface area contributed by atoms with Crippen LogP contribution >= 0.6 is 11.8 Å². The van der Waals surface area contributed by atoms with Crippen LogP contribution in [0.5, 0.6) is 0 Å². The molecule has 35 heavy (non-hydrogen) atoms. The normalized spacial score (nSPS) is 15.2. The highest BCUT2D eigenvalue weighted by Crippen LogP contribution is 2.29. The summed E-state index contributed by atoms with van der Waals surface area (Å²) in [4.78, 5) is 27.8. The van der Waals surface area contributed by atoms with Gasteiger partial charge in [0.05, 0.1) is 11.8 Å². The van der Waals surface area contributed by atoms with Crippen molar-refractivity contribution in [2.75, 3.05) is 18.4 Å². The fourth-order valence-electron chi connectivity index (χ4n) is 3.94. The van der Waals surface area contributed by atoms with E-state index in [2.05, 4.69) is 25.0 Å².